The number of aromatic nitrogens is 3. The minimum Gasteiger partial charge on any atom is -0.291 e. The molecule has 31 heavy (non-hydrogen) atoms. The predicted molar refractivity (Wildman–Crippen MR) is 116 cm³/mol. The molecule has 2 aromatic carbocycles. The molecular weight excluding hydrogens is 418 g/mol. The van der Waals surface area contributed by atoms with Crippen LogP contribution in [0.3, 0.4) is 0 Å². The number of rotatable bonds is 5. The van der Waals surface area contributed by atoms with E-state index in [9.17, 15) is 19.7 Å². The Labute approximate surface area is 181 Å². The van der Waals surface area contributed by atoms with Gasteiger partial charge >= 0.3 is 11.3 Å². The summed E-state index contributed by atoms with van der Waals surface area (Å²) >= 11 is 1.37. The maximum Gasteiger partial charge on any atom is 0.325 e. The third-order valence-corrected chi connectivity index (χ3v) is 5.74. The van der Waals surface area contributed by atoms with Gasteiger partial charge in [-0.05, 0) is 28.6 Å². The Morgan fingerprint density at radius 2 is 2.03 bits per heavy atom. The van der Waals surface area contributed by atoms with Gasteiger partial charge in [0.2, 0.25) is 11.1 Å². The molecule has 0 fully saturated rings. The third-order valence-electron chi connectivity index (χ3n) is 4.99. The van der Waals surface area contributed by atoms with Crippen molar-refractivity contribution in [3.63, 3.8) is 0 Å². The molecule has 0 saturated heterocycles. The molecule has 0 aliphatic carbocycles. The van der Waals surface area contributed by atoms with E-state index in [1.165, 1.54) is 28.6 Å². The van der Waals surface area contributed by atoms with E-state index in [0.717, 1.165) is 0 Å². The molecule has 0 radical (unpaired) electrons. The van der Waals surface area contributed by atoms with Gasteiger partial charge in [-0.25, -0.2) is 4.90 Å². The van der Waals surface area contributed by atoms with Gasteiger partial charge in [0.15, 0.2) is 0 Å². The summed E-state index contributed by atoms with van der Waals surface area (Å²) in [6.45, 7) is 3.69. The van der Waals surface area contributed by atoms with E-state index in [0.29, 0.717) is 33.4 Å². The van der Waals surface area contributed by atoms with Gasteiger partial charge in [0.25, 0.3) is 11.9 Å². The Morgan fingerprint density at radius 1 is 1.26 bits per heavy atom. The molecule has 9 nitrogen and oxygen atoms in total. The van der Waals surface area contributed by atoms with Crippen molar-refractivity contribution < 1.29 is 14.4 Å². The monoisotopic (exact) mass is 438 g/mol. The van der Waals surface area contributed by atoms with Gasteiger partial charge in [0.1, 0.15) is 0 Å². The Kier molecular flexibility index (Phi) is 5.55. The van der Waals surface area contributed by atoms with Crippen molar-refractivity contribution in [3.8, 4) is 11.3 Å². The number of nitro benzene ring substituents is 1. The number of H-pyrrole nitrogens is 1. The van der Waals surface area contributed by atoms with Gasteiger partial charge in [0, 0.05) is 23.7 Å². The number of amides is 1. The van der Waals surface area contributed by atoms with Crippen LogP contribution in [0.1, 0.15) is 32.0 Å². The zero-order valence-corrected chi connectivity index (χ0v) is 17.8. The highest BCUT2D eigenvalue weighted by Crippen LogP contribution is 2.38. The predicted octanol–water partition coefficient (Wildman–Crippen LogP) is 3.05. The van der Waals surface area contributed by atoms with Crippen LogP contribution in [0.2, 0.25) is 0 Å². The number of para-hydroxylation sites is 1. The van der Waals surface area contributed by atoms with Gasteiger partial charge in [-0.2, -0.15) is 0 Å². The van der Waals surface area contributed by atoms with E-state index >= 15 is 0 Å². The molecule has 1 N–H and O–H groups in total. The van der Waals surface area contributed by atoms with Crippen LogP contribution in [0.5, 0.6) is 0 Å². The maximum atomic E-state index is 13.1. The molecule has 0 saturated carbocycles. The largest absolute Gasteiger partial charge is 0.325 e. The Hall–Kier alpha value is -3.53. The van der Waals surface area contributed by atoms with E-state index in [2.05, 4.69) is 10.1 Å². The number of thioether (sulfide) groups is 1. The number of aromatic amines is 1. The Morgan fingerprint density at radius 3 is 2.74 bits per heavy atom. The van der Waals surface area contributed by atoms with E-state index in [4.69, 9.17) is 0 Å². The van der Waals surface area contributed by atoms with Gasteiger partial charge in [-0.1, -0.05) is 43.8 Å². The zero-order valence-electron chi connectivity index (χ0n) is 16.9. The molecule has 158 valence electrons. The van der Waals surface area contributed by atoms with Crippen molar-refractivity contribution in [2.45, 2.75) is 31.6 Å². The lowest BCUT2D eigenvalue weighted by atomic mass is 10.0. The van der Waals surface area contributed by atoms with Crippen LogP contribution in [-0.4, -0.2) is 26.7 Å². The summed E-state index contributed by atoms with van der Waals surface area (Å²) in [5, 5.41) is 16.4. The average Bonchev–Trinajstić information content (AvgIpc) is 2.77. The van der Waals surface area contributed by atoms with Gasteiger partial charge in [0.05, 0.1) is 21.7 Å². The van der Waals surface area contributed by atoms with Crippen LogP contribution in [0.25, 0.3) is 11.3 Å². The van der Waals surface area contributed by atoms with Gasteiger partial charge in [-0.3, -0.25) is 24.7 Å². The minimum atomic E-state index is -0.837. The van der Waals surface area contributed by atoms with Crippen molar-refractivity contribution in [1.82, 2.24) is 10.1 Å². The van der Waals surface area contributed by atoms with E-state index in [-0.39, 0.29) is 23.6 Å². The first kappa shape index (κ1) is 20.7. The minimum absolute atomic E-state index is 0.101. The second kappa shape index (κ2) is 8.31. The van der Waals surface area contributed by atoms with Gasteiger partial charge in [-0.15, -0.1) is 0 Å². The van der Waals surface area contributed by atoms with Crippen molar-refractivity contribution in [2.24, 2.45) is 0 Å². The second-order valence-electron chi connectivity index (χ2n) is 6.85. The lowest BCUT2D eigenvalue weighted by Gasteiger charge is -2.31. The molecule has 1 atom stereocenters. The fourth-order valence-electron chi connectivity index (χ4n) is 3.71. The normalized spacial score (nSPS) is 14.6. The summed E-state index contributed by atoms with van der Waals surface area (Å²) in [6.07, 6.45) is -0.620. The standard InChI is InChI=1S/C21H19N5O4S/c1-3-17(27)24-16-11-6-5-10-15(16)18-19(28)22-21(31-4-2)23-25(18)20(24)13-8-7-9-14(12-13)26(29)30/h5-12,20H,3-4H2,1-2H3/p+1/t20-/m1/s1. The van der Waals surface area contributed by atoms with Crippen LogP contribution in [0.15, 0.2) is 58.5 Å². The molecule has 0 spiro atoms. The highest BCUT2D eigenvalue weighted by atomic mass is 32.2. The van der Waals surface area contributed by atoms with Crippen LogP contribution < -0.4 is 15.1 Å². The summed E-state index contributed by atoms with van der Waals surface area (Å²) in [4.78, 5) is 41.4. The quantitative estimate of drug-likeness (QED) is 0.284. The summed E-state index contributed by atoms with van der Waals surface area (Å²) in [5.74, 6) is 0.506. The summed E-state index contributed by atoms with van der Waals surface area (Å²) in [5.41, 5.74) is 1.49. The van der Waals surface area contributed by atoms with E-state index < -0.39 is 11.1 Å². The molecule has 1 aromatic heterocycles. The van der Waals surface area contributed by atoms with E-state index in [1.807, 2.05) is 6.92 Å². The molecular formula is C21H20N5O4S+. The molecule has 2 heterocycles. The van der Waals surface area contributed by atoms with Crippen molar-refractivity contribution in [1.29, 1.82) is 0 Å². The van der Waals surface area contributed by atoms with Crippen LogP contribution >= 0.6 is 11.8 Å². The first-order valence-corrected chi connectivity index (χ1v) is 10.8. The lowest BCUT2D eigenvalue weighted by molar-refractivity contribution is -0.763. The summed E-state index contributed by atoms with van der Waals surface area (Å²) in [7, 11) is 0. The number of hydrogen-bond donors (Lipinski definition) is 1. The molecule has 0 bridgehead atoms. The number of nitrogens with zero attached hydrogens (tertiary/aromatic N) is 4. The van der Waals surface area contributed by atoms with Crippen molar-refractivity contribution in [2.75, 3.05) is 10.7 Å². The van der Waals surface area contributed by atoms with Crippen molar-refractivity contribution in [3.05, 3.63) is 74.6 Å². The summed E-state index contributed by atoms with van der Waals surface area (Å²) in [6, 6.07) is 13.2. The fourth-order valence-corrected chi connectivity index (χ4v) is 4.30. The number of carbonyl (C=O) groups excluding carboxylic acids is 1. The number of nitro groups is 1. The number of fused-ring (bicyclic) bond motifs is 3. The number of benzene rings is 2. The highest BCUT2D eigenvalue weighted by molar-refractivity contribution is 7.99. The van der Waals surface area contributed by atoms with Crippen LogP contribution in [-0.2, 0) is 4.79 Å². The first-order valence-electron chi connectivity index (χ1n) is 9.81. The summed E-state index contributed by atoms with van der Waals surface area (Å²) < 4.78 is 1.51. The number of anilines is 1. The molecule has 4 rings (SSSR count). The molecule has 10 heteroatoms. The first-order chi connectivity index (χ1) is 15.0. The van der Waals surface area contributed by atoms with Crippen LogP contribution in [0, 0.1) is 10.1 Å². The number of hydrogen-bond acceptors (Lipinski definition) is 6. The number of carbonyl (C=O) groups is 1. The molecule has 0 unspecified atom stereocenters. The SMILES string of the molecule is CCSc1n[n+]2c(c(=O)[nH]1)-c1ccccc1N(C(=O)CC)[C@H]2c1cccc([N+](=O)[O-])c1. The average molecular weight is 438 g/mol. The smallest absolute Gasteiger partial charge is 0.291 e. The third kappa shape index (κ3) is 3.59. The lowest BCUT2D eigenvalue weighted by Crippen LogP contribution is -2.60. The molecule has 1 aliphatic heterocycles. The van der Waals surface area contributed by atoms with Crippen molar-refractivity contribution >= 4 is 29.0 Å². The molecule has 3 aromatic rings. The molecule has 1 amide bonds. The Balaban J connectivity index is 2.06. The second-order valence-corrected chi connectivity index (χ2v) is 8.10. The van der Waals surface area contributed by atoms with E-state index in [1.54, 1.807) is 48.2 Å². The zero-order chi connectivity index (χ0) is 22.1. The fraction of sp³-hybridized carbons (Fsp3) is 0.238. The number of nitrogens with one attached hydrogen (secondary N) is 1. The number of non-ortho nitro benzene ring substituents is 1. The maximum absolute atomic E-state index is 13.1. The molecule has 1 aliphatic rings. The Bertz CT molecular complexity index is 1240. The van der Waals surface area contributed by atoms with Crippen LogP contribution in [0.4, 0.5) is 11.4 Å². The highest BCUT2D eigenvalue weighted by Gasteiger charge is 2.45. The topological polar surface area (TPSA) is 113 Å². The van der Waals surface area contributed by atoms with Gasteiger partial charge < -0.3 is 0 Å².